The lowest BCUT2D eigenvalue weighted by atomic mass is 9.96. The van der Waals surface area contributed by atoms with Crippen molar-refractivity contribution in [1.82, 2.24) is 57.5 Å². The number of unbranched alkanes of at least 4 members (excludes halogenated alkanes) is 1. The molecule has 9 atom stereocenters. The van der Waals surface area contributed by atoms with Crippen LogP contribution in [0.3, 0.4) is 0 Å². The minimum atomic E-state index is -1.43. The number of imidazole rings is 1. The summed E-state index contributed by atoms with van der Waals surface area (Å²) >= 11 is 0. The molecule has 0 unspecified atom stereocenters. The number of amides is 8. The van der Waals surface area contributed by atoms with Gasteiger partial charge in [-0.15, -0.1) is 0 Å². The number of nitrogens with zero attached hydrogens (tertiary/aromatic N) is 1. The van der Waals surface area contributed by atoms with Crippen LogP contribution < -0.4 is 54.0 Å². The van der Waals surface area contributed by atoms with Crippen LogP contribution in [0.25, 0.3) is 10.9 Å². The summed E-state index contributed by atoms with van der Waals surface area (Å²) in [6, 6.07) is 21.0. The number of aromatic amines is 2. The van der Waals surface area contributed by atoms with E-state index in [2.05, 4.69) is 57.5 Å². The maximum atomic E-state index is 14.9. The molecule has 0 fully saturated rings. The van der Waals surface area contributed by atoms with Gasteiger partial charge < -0.3 is 74.2 Å². The maximum absolute atomic E-state index is 14.9. The lowest BCUT2D eigenvalue weighted by molar-refractivity contribution is -0.143. The first-order valence-electron chi connectivity index (χ1n) is 29.2. The van der Waals surface area contributed by atoms with Crippen LogP contribution in [-0.4, -0.2) is 140 Å². The summed E-state index contributed by atoms with van der Waals surface area (Å²) in [4.78, 5) is 136. The van der Waals surface area contributed by atoms with Crippen LogP contribution in [0.15, 0.2) is 128 Å². The van der Waals surface area contributed by atoms with Gasteiger partial charge in [0.2, 0.25) is 47.3 Å². The smallest absolute Gasteiger partial charge is 0.326 e. The Morgan fingerprint density at radius 2 is 1.08 bits per heavy atom. The number of carbonyl (C=O) groups is 9. The van der Waals surface area contributed by atoms with E-state index >= 15 is 0 Å². The highest BCUT2D eigenvalue weighted by Gasteiger charge is 2.36. The topological polar surface area (TPSA) is 387 Å². The molecular weight excluding hydrogens is 1110 g/mol. The summed E-state index contributed by atoms with van der Waals surface area (Å²) in [5, 5.41) is 42.3. The molecule has 0 aliphatic carbocycles. The van der Waals surface area contributed by atoms with E-state index in [1.165, 1.54) is 24.7 Å². The number of nitrogens with one attached hydrogen (secondary N) is 10. The molecule has 2 aromatic heterocycles. The van der Waals surface area contributed by atoms with Gasteiger partial charge in [0.25, 0.3) is 0 Å². The molecule has 6 aromatic rings. The predicted molar refractivity (Wildman–Crippen MR) is 326 cm³/mol. The van der Waals surface area contributed by atoms with Crippen molar-refractivity contribution in [3.63, 3.8) is 0 Å². The summed E-state index contributed by atoms with van der Waals surface area (Å²) in [7, 11) is 0. The van der Waals surface area contributed by atoms with Crippen LogP contribution in [0, 0.1) is 11.8 Å². The summed E-state index contributed by atoms with van der Waals surface area (Å²) in [6.45, 7) is 6.45. The number of para-hydroxylation sites is 1. The Morgan fingerprint density at radius 1 is 0.552 bits per heavy atom. The first kappa shape index (κ1) is 66.7. The molecular formula is C63H81N13O11. The molecule has 24 heteroatoms. The molecule has 0 aliphatic rings. The number of fused-ring (bicyclic) bond motifs is 1. The van der Waals surface area contributed by atoms with Gasteiger partial charge in [-0.25, -0.2) is 9.78 Å². The van der Waals surface area contributed by atoms with E-state index in [1.807, 2.05) is 55.5 Å². The quantitative estimate of drug-likeness (QED) is 0.0257. The van der Waals surface area contributed by atoms with Crippen molar-refractivity contribution in [2.45, 2.75) is 134 Å². The third-order valence-corrected chi connectivity index (χ3v) is 14.9. The zero-order chi connectivity index (χ0) is 63.0. The number of aromatic nitrogens is 3. The van der Waals surface area contributed by atoms with E-state index in [1.54, 1.807) is 75.5 Å². The first-order valence-corrected chi connectivity index (χ1v) is 29.2. The molecule has 0 bridgehead atoms. The third kappa shape index (κ3) is 20.7. The van der Waals surface area contributed by atoms with Gasteiger partial charge in [-0.1, -0.05) is 125 Å². The van der Waals surface area contributed by atoms with Gasteiger partial charge in [-0.3, -0.25) is 38.4 Å². The summed E-state index contributed by atoms with van der Waals surface area (Å²) in [6.07, 6.45) is 5.53. The highest BCUT2D eigenvalue weighted by Crippen LogP contribution is 2.21. The molecule has 87 heavy (non-hydrogen) atoms. The molecule has 8 amide bonds. The summed E-state index contributed by atoms with van der Waals surface area (Å²) < 4.78 is 0. The number of rotatable bonds is 34. The SMILES string of the molecule is CC[C@H](C)[C@H](NC(=O)[C@@H](N)Cc1ccccc1)C(=O)N[C@@H](Cc1ccc(O)cc1)C(=O)N[C@@H](CCCCN)C(=O)N[C@@H](Cc1c[nH]c2ccccc12)C(=O)N[C@@H](Cc1cnc[nH]1)C(=O)NCC(=O)N[C@@H](Cc1ccccc1)C(=O)N[C@H](C(=O)O)C(C)C. The van der Waals surface area contributed by atoms with E-state index in [-0.39, 0.29) is 50.8 Å². The molecule has 0 radical (unpaired) electrons. The fraction of sp³-hybridized carbons (Fsp3) is 0.397. The van der Waals surface area contributed by atoms with E-state index in [4.69, 9.17) is 11.5 Å². The van der Waals surface area contributed by atoms with Gasteiger partial charge in [-0.05, 0) is 84.5 Å². The number of benzene rings is 4. The predicted octanol–water partition coefficient (Wildman–Crippen LogP) is 1.86. The number of aliphatic carboxylic acids is 1. The molecule has 16 N–H and O–H groups in total. The van der Waals surface area contributed by atoms with Gasteiger partial charge in [0.05, 0.1) is 18.9 Å². The van der Waals surface area contributed by atoms with Crippen molar-refractivity contribution in [3.8, 4) is 5.75 Å². The van der Waals surface area contributed by atoms with Crippen molar-refractivity contribution < 1.29 is 53.4 Å². The molecule has 6 rings (SSSR count). The number of carboxylic acids is 1. The van der Waals surface area contributed by atoms with Crippen molar-refractivity contribution in [3.05, 3.63) is 156 Å². The number of nitrogens with two attached hydrogens (primary N) is 2. The number of H-pyrrole nitrogens is 2. The largest absolute Gasteiger partial charge is 0.508 e. The molecule has 0 saturated heterocycles. The van der Waals surface area contributed by atoms with E-state index in [0.717, 1.165) is 16.5 Å². The minimum absolute atomic E-state index is 0.0147. The van der Waals surface area contributed by atoms with Crippen LogP contribution in [0.2, 0.25) is 0 Å². The fourth-order valence-corrected chi connectivity index (χ4v) is 9.76. The first-order chi connectivity index (χ1) is 41.7. The van der Waals surface area contributed by atoms with Crippen molar-refractivity contribution in [2.75, 3.05) is 13.1 Å². The van der Waals surface area contributed by atoms with Gasteiger partial charge in [0.1, 0.15) is 48.0 Å². The number of hydrogen-bond donors (Lipinski definition) is 14. The third-order valence-electron chi connectivity index (χ3n) is 14.9. The van der Waals surface area contributed by atoms with Crippen LogP contribution >= 0.6 is 0 Å². The number of carboxylic acid groups (broad SMARTS) is 1. The second-order valence-electron chi connectivity index (χ2n) is 22.0. The van der Waals surface area contributed by atoms with Crippen LogP contribution in [0.1, 0.15) is 81.3 Å². The molecule has 24 nitrogen and oxygen atoms in total. The van der Waals surface area contributed by atoms with E-state index in [9.17, 15) is 53.4 Å². The second kappa shape index (κ2) is 33.3. The van der Waals surface area contributed by atoms with Crippen molar-refractivity contribution in [2.24, 2.45) is 23.3 Å². The maximum Gasteiger partial charge on any atom is 0.326 e. The molecule has 0 aliphatic heterocycles. The molecule has 4 aromatic carbocycles. The summed E-state index contributed by atoms with van der Waals surface area (Å²) in [5.74, 6) is -8.30. The van der Waals surface area contributed by atoms with Gasteiger partial charge >= 0.3 is 5.97 Å². The standard InChI is InChI=1S/C63H81N13O11/c1-5-38(4)55(76-56(79)46(65)28-39-16-8-6-9-17-39)62(85)74-50(30-41-23-25-44(77)26-24-41)59(82)71-48(22-14-15-27-64)58(81)72-51(31-42-33-67-47-21-13-12-20-45(42)47)60(83)73-52(32-43-34-66-36-69-43)57(80)68-35-53(78)70-49(29-40-18-10-7-11-19-40)61(84)75-54(37(2)3)63(86)87/h6-13,16-21,23-26,33-34,36-38,46,48-52,54-55,67,77H,5,14-15,22,27-32,35,64-65H2,1-4H3,(H,66,69)(H,68,80)(H,70,78)(H,71,82)(H,72,81)(H,73,83)(H,74,85)(H,75,84)(H,76,79)(H,86,87)/t38-,46-,48-,49-,50-,51-,52-,54-,55-/m0/s1. The highest BCUT2D eigenvalue weighted by molar-refractivity contribution is 5.98. The number of phenols is 1. The Morgan fingerprint density at radius 3 is 1.68 bits per heavy atom. The van der Waals surface area contributed by atoms with E-state index < -0.39 is 120 Å². The van der Waals surface area contributed by atoms with Crippen molar-refractivity contribution >= 4 is 64.1 Å². The molecule has 0 saturated carbocycles. The Hall–Kier alpha value is -9.42. The molecule has 0 spiro atoms. The van der Waals surface area contributed by atoms with E-state index in [0.29, 0.717) is 41.6 Å². The number of hydrogen-bond acceptors (Lipinski definition) is 13. The van der Waals surface area contributed by atoms with Gasteiger partial charge in [-0.2, -0.15) is 0 Å². The Labute approximate surface area is 505 Å². The minimum Gasteiger partial charge on any atom is -0.508 e. The average molecular weight is 1200 g/mol. The summed E-state index contributed by atoms with van der Waals surface area (Å²) in [5.41, 5.74) is 16.0. The van der Waals surface area contributed by atoms with Crippen LogP contribution in [0.5, 0.6) is 5.75 Å². The number of carbonyl (C=O) groups excluding carboxylic acids is 8. The fourth-order valence-electron chi connectivity index (χ4n) is 9.76. The average Bonchev–Trinajstić information content (AvgIpc) is 2.51. The monoisotopic (exact) mass is 1200 g/mol. The van der Waals surface area contributed by atoms with Gasteiger partial charge in [0.15, 0.2) is 0 Å². The zero-order valence-corrected chi connectivity index (χ0v) is 49.3. The lowest BCUT2D eigenvalue weighted by Crippen LogP contribution is -2.61. The van der Waals surface area contributed by atoms with Crippen LogP contribution in [0.4, 0.5) is 0 Å². The molecule has 464 valence electrons. The Balaban J connectivity index is 1.24. The Kier molecular flexibility index (Phi) is 25.6. The van der Waals surface area contributed by atoms with Gasteiger partial charge in [0, 0.05) is 54.7 Å². The Bertz CT molecular complexity index is 3230. The number of aromatic hydroxyl groups is 1. The zero-order valence-electron chi connectivity index (χ0n) is 49.3. The lowest BCUT2D eigenvalue weighted by Gasteiger charge is -2.29. The highest BCUT2D eigenvalue weighted by atomic mass is 16.4. The normalized spacial score (nSPS) is 14.3. The number of phenolic OH excluding ortho intramolecular Hbond substituents is 1. The molecule has 2 heterocycles. The second-order valence-corrected chi connectivity index (χ2v) is 22.0. The van der Waals surface area contributed by atoms with Crippen molar-refractivity contribution in [1.29, 1.82) is 0 Å². The van der Waals surface area contributed by atoms with Crippen LogP contribution in [-0.2, 0) is 75.3 Å².